The lowest BCUT2D eigenvalue weighted by Gasteiger charge is -2.12. The van der Waals surface area contributed by atoms with Crippen molar-refractivity contribution in [3.8, 4) is 22.4 Å². The van der Waals surface area contributed by atoms with Gasteiger partial charge >= 0.3 is 6.09 Å². The fourth-order valence-corrected chi connectivity index (χ4v) is 3.09. The molecule has 0 spiro atoms. The van der Waals surface area contributed by atoms with E-state index in [-0.39, 0.29) is 12.5 Å². The third-order valence-electron chi connectivity index (χ3n) is 4.32. The number of halogens is 2. The molecule has 31 heavy (non-hydrogen) atoms. The average Bonchev–Trinajstić information content (AvgIpc) is 2.77. The summed E-state index contributed by atoms with van der Waals surface area (Å²) in [7, 11) is 0. The van der Waals surface area contributed by atoms with E-state index in [1.165, 1.54) is 0 Å². The molecule has 0 aliphatic carbocycles. The Morgan fingerprint density at radius 1 is 1.06 bits per heavy atom. The Morgan fingerprint density at radius 3 is 2.29 bits per heavy atom. The first-order valence-electron chi connectivity index (χ1n) is 9.70. The highest BCUT2D eigenvalue weighted by molar-refractivity contribution is 6.31. The van der Waals surface area contributed by atoms with Gasteiger partial charge in [-0.05, 0) is 47.9 Å². The second-order valence-corrected chi connectivity index (χ2v) is 7.59. The van der Waals surface area contributed by atoms with Crippen LogP contribution in [0.25, 0.3) is 22.4 Å². The number of alkyl carbamates (subject to hydrolysis) is 1. The fourth-order valence-electron chi connectivity index (χ4n) is 2.83. The maximum Gasteiger partial charge on any atom is 0.413 e. The molecule has 0 aliphatic heterocycles. The molecule has 0 fully saturated rings. The largest absolute Gasteiger partial charge is 0.449 e. The maximum atomic E-state index is 11.6. The number of guanidine groups is 1. The zero-order valence-electron chi connectivity index (χ0n) is 16.9. The second-order valence-electron chi connectivity index (χ2n) is 6.72. The van der Waals surface area contributed by atoms with Gasteiger partial charge in [-0.25, -0.2) is 9.79 Å². The topological polar surface area (TPSA) is 89.6 Å². The van der Waals surface area contributed by atoms with Crippen LogP contribution in [0, 0.1) is 0 Å². The highest BCUT2D eigenvalue weighted by Gasteiger charge is 2.11. The van der Waals surface area contributed by atoms with Gasteiger partial charge in [-0.2, -0.15) is 0 Å². The second kappa shape index (κ2) is 10.8. The summed E-state index contributed by atoms with van der Waals surface area (Å²) in [5, 5.41) is 3.71. The highest BCUT2D eigenvalue weighted by Crippen LogP contribution is 2.32. The number of hydrogen-bond donors (Lipinski definition) is 2. The molecule has 3 rings (SSSR count). The molecule has 3 aromatic rings. The minimum absolute atomic E-state index is 0.0177. The van der Waals surface area contributed by atoms with Crippen LogP contribution in [0.1, 0.15) is 18.9 Å². The van der Waals surface area contributed by atoms with Crippen LogP contribution in [0.15, 0.2) is 65.8 Å². The predicted molar refractivity (Wildman–Crippen MR) is 125 cm³/mol. The monoisotopic (exact) mass is 456 g/mol. The molecule has 0 aliphatic rings. The molecule has 0 saturated carbocycles. The number of pyridine rings is 1. The Hall–Kier alpha value is -3.09. The van der Waals surface area contributed by atoms with Crippen LogP contribution in [0.4, 0.5) is 4.79 Å². The molecular formula is C23H22Cl2N4O2. The van der Waals surface area contributed by atoms with E-state index in [4.69, 9.17) is 33.7 Å². The highest BCUT2D eigenvalue weighted by atomic mass is 35.5. The smallest absolute Gasteiger partial charge is 0.413 e. The molecule has 0 bridgehead atoms. The van der Waals surface area contributed by atoms with Crippen molar-refractivity contribution < 1.29 is 9.53 Å². The summed E-state index contributed by atoms with van der Waals surface area (Å²) in [6, 6.07) is 17.0. The normalized spacial score (nSPS) is 11.3. The van der Waals surface area contributed by atoms with E-state index in [0.29, 0.717) is 16.7 Å². The summed E-state index contributed by atoms with van der Waals surface area (Å²) >= 11 is 12.1. The third kappa shape index (κ3) is 6.44. The standard InChI is InChI=1S/C23H22Cl2N4O2/c1-2-11-31-23(30)29-22(26)28-14-15-12-20(16-3-7-18(24)8-4-16)21(27-13-15)17-5-9-19(25)10-6-17/h3-10,12-13H,2,11,14H2,1H3,(H3,26,28,29,30). The number of benzene rings is 2. The van der Waals surface area contributed by atoms with Crippen LogP contribution < -0.4 is 11.1 Å². The Labute approximate surface area is 191 Å². The van der Waals surface area contributed by atoms with E-state index in [0.717, 1.165) is 34.4 Å². The minimum Gasteiger partial charge on any atom is -0.449 e. The lowest BCUT2D eigenvalue weighted by Crippen LogP contribution is -2.37. The molecule has 1 amide bonds. The van der Waals surface area contributed by atoms with Crippen LogP contribution in [-0.2, 0) is 11.3 Å². The first-order valence-corrected chi connectivity index (χ1v) is 10.5. The molecular weight excluding hydrogens is 435 g/mol. The zero-order valence-corrected chi connectivity index (χ0v) is 18.5. The van der Waals surface area contributed by atoms with Crippen molar-refractivity contribution in [2.75, 3.05) is 6.61 Å². The zero-order chi connectivity index (χ0) is 22.2. The van der Waals surface area contributed by atoms with Gasteiger partial charge in [0, 0.05) is 27.4 Å². The quantitative estimate of drug-likeness (QED) is 0.369. The number of aliphatic imine (C=N–C) groups is 1. The molecule has 0 unspecified atom stereocenters. The number of amides is 1. The van der Waals surface area contributed by atoms with Gasteiger partial charge in [-0.15, -0.1) is 0 Å². The number of nitrogens with two attached hydrogens (primary N) is 1. The lowest BCUT2D eigenvalue weighted by molar-refractivity contribution is 0.151. The summed E-state index contributed by atoms with van der Waals surface area (Å²) in [4.78, 5) is 20.5. The molecule has 1 heterocycles. The average molecular weight is 457 g/mol. The summed E-state index contributed by atoms with van der Waals surface area (Å²) < 4.78 is 4.93. The SMILES string of the molecule is CCCOC(=O)NC(N)=NCc1cnc(-c2ccc(Cl)cc2)c(-c2ccc(Cl)cc2)c1. The van der Waals surface area contributed by atoms with Crippen molar-refractivity contribution in [2.24, 2.45) is 10.7 Å². The van der Waals surface area contributed by atoms with E-state index < -0.39 is 6.09 Å². The van der Waals surface area contributed by atoms with E-state index in [1.807, 2.05) is 61.5 Å². The maximum absolute atomic E-state index is 11.6. The summed E-state index contributed by atoms with van der Waals surface area (Å²) in [6.07, 6.45) is 1.83. The van der Waals surface area contributed by atoms with Gasteiger partial charge in [0.15, 0.2) is 5.96 Å². The predicted octanol–water partition coefficient (Wildman–Crippen LogP) is 5.67. The van der Waals surface area contributed by atoms with Crippen molar-refractivity contribution in [2.45, 2.75) is 19.9 Å². The number of nitrogens with zero attached hydrogens (tertiary/aromatic N) is 2. The molecule has 2 aromatic carbocycles. The van der Waals surface area contributed by atoms with Crippen LogP contribution in [0.3, 0.4) is 0 Å². The Balaban J connectivity index is 1.88. The molecule has 6 nitrogen and oxygen atoms in total. The molecule has 8 heteroatoms. The van der Waals surface area contributed by atoms with Gasteiger partial charge in [0.1, 0.15) is 0 Å². The Morgan fingerprint density at radius 2 is 1.68 bits per heavy atom. The molecule has 3 N–H and O–H groups in total. The molecule has 1 aromatic heterocycles. The van der Waals surface area contributed by atoms with Crippen LogP contribution in [0.2, 0.25) is 10.0 Å². The molecule has 0 radical (unpaired) electrons. The summed E-state index contributed by atoms with van der Waals surface area (Å²) in [6.45, 7) is 2.47. The van der Waals surface area contributed by atoms with Crippen molar-refractivity contribution in [1.82, 2.24) is 10.3 Å². The Kier molecular flexibility index (Phi) is 7.87. The molecule has 0 atom stereocenters. The Bertz CT molecular complexity index is 1070. The number of nitrogens with one attached hydrogen (secondary N) is 1. The number of hydrogen-bond acceptors (Lipinski definition) is 4. The van der Waals surface area contributed by atoms with Crippen molar-refractivity contribution in [1.29, 1.82) is 0 Å². The summed E-state index contributed by atoms with van der Waals surface area (Å²) in [5.41, 5.74) is 10.2. The first-order chi connectivity index (χ1) is 15.0. The van der Waals surface area contributed by atoms with Gasteiger partial charge in [0.2, 0.25) is 0 Å². The van der Waals surface area contributed by atoms with E-state index in [9.17, 15) is 4.79 Å². The number of carbonyl (C=O) groups is 1. The van der Waals surface area contributed by atoms with Crippen LogP contribution in [0.5, 0.6) is 0 Å². The number of aromatic nitrogens is 1. The van der Waals surface area contributed by atoms with E-state index >= 15 is 0 Å². The minimum atomic E-state index is -0.624. The van der Waals surface area contributed by atoms with Crippen molar-refractivity contribution >= 4 is 35.3 Å². The lowest BCUT2D eigenvalue weighted by atomic mass is 9.98. The number of ether oxygens (including phenoxy) is 1. The van der Waals surface area contributed by atoms with Gasteiger partial charge in [0.05, 0.1) is 18.8 Å². The molecule has 160 valence electrons. The number of carbonyl (C=O) groups excluding carboxylic acids is 1. The van der Waals surface area contributed by atoms with Crippen molar-refractivity contribution in [3.63, 3.8) is 0 Å². The molecule has 0 saturated heterocycles. The van der Waals surface area contributed by atoms with Crippen LogP contribution >= 0.6 is 23.2 Å². The first kappa shape index (κ1) is 22.6. The van der Waals surface area contributed by atoms with E-state index in [1.54, 1.807) is 6.20 Å². The number of rotatable bonds is 6. The van der Waals surface area contributed by atoms with Gasteiger partial charge < -0.3 is 10.5 Å². The van der Waals surface area contributed by atoms with Gasteiger partial charge in [-0.3, -0.25) is 10.3 Å². The summed E-state index contributed by atoms with van der Waals surface area (Å²) in [5.74, 6) is -0.0177. The van der Waals surface area contributed by atoms with E-state index in [2.05, 4.69) is 15.3 Å². The third-order valence-corrected chi connectivity index (χ3v) is 4.82. The fraction of sp³-hybridized carbons (Fsp3) is 0.174. The van der Waals surface area contributed by atoms with Gasteiger partial charge in [-0.1, -0.05) is 54.4 Å². The van der Waals surface area contributed by atoms with Crippen LogP contribution in [-0.4, -0.2) is 23.6 Å². The van der Waals surface area contributed by atoms with Crippen molar-refractivity contribution in [3.05, 3.63) is 76.4 Å². The van der Waals surface area contributed by atoms with Gasteiger partial charge in [0.25, 0.3) is 0 Å².